The van der Waals surface area contributed by atoms with E-state index in [1.807, 2.05) is 0 Å². The molecule has 2 saturated carbocycles. The van der Waals surface area contributed by atoms with Crippen LogP contribution < -0.4 is 0 Å². The Labute approximate surface area is 138 Å². The normalized spacial score (nSPS) is 29.4. The van der Waals surface area contributed by atoms with Gasteiger partial charge in [-0.25, -0.2) is 4.39 Å². The summed E-state index contributed by atoms with van der Waals surface area (Å²) in [5.41, 5.74) is -0.202. The standard InChI is InChI=1S/C18H32FI/c1-17(2,19)11-5-3-4-6-12-18(13-14-18)15-7-9-16(20)10-8-15/h15-16H,3-14H2,1-2H3. The Morgan fingerprint density at radius 3 is 2.15 bits per heavy atom. The molecule has 2 heteroatoms. The van der Waals surface area contributed by atoms with Gasteiger partial charge < -0.3 is 0 Å². The summed E-state index contributed by atoms with van der Waals surface area (Å²) in [4.78, 5) is 0. The molecular formula is C18H32FI. The summed E-state index contributed by atoms with van der Waals surface area (Å²) < 4.78 is 14.3. The Hall–Kier alpha value is 0.660. The minimum absolute atomic E-state index is 0.734. The topological polar surface area (TPSA) is 0 Å². The van der Waals surface area contributed by atoms with Gasteiger partial charge in [-0.2, -0.15) is 0 Å². The first-order valence-corrected chi connectivity index (χ1v) is 9.99. The summed E-state index contributed by atoms with van der Waals surface area (Å²) in [5, 5.41) is 0. The van der Waals surface area contributed by atoms with Crippen LogP contribution in [0.1, 0.15) is 90.9 Å². The summed E-state index contributed by atoms with van der Waals surface area (Å²) >= 11 is 2.63. The van der Waals surface area contributed by atoms with E-state index in [4.69, 9.17) is 0 Å². The summed E-state index contributed by atoms with van der Waals surface area (Å²) in [6.45, 7) is 3.41. The summed E-state index contributed by atoms with van der Waals surface area (Å²) in [7, 11) is 0. The fourth-order valence-electron chi connectivity index (χ4n) is 4.06. The summed E-state index contributed by atoms with van der Waals surface area (Å²) in [6, 6.07) is 0. The van der Waals surface area contributed by atoms with Crippen LogP contribution >= 0.6 is 22.6 Å². The molecule has 0 N–H and O–H groups in total. The molecule has 2 aliphatic rings. The van der Waals surface area contributed by atoms with E-state index in [0.717, 1.165) is 28.1 Å². The quantitative estimate of drug-likeness (QED) is 0.240. The second-order valence-corrected chi connectivity index (χ2v) is 9.71. The van der Waals surface area contributed by atoms with E-state index >= 15 is 0 Å². The second-order valence-electron chi connectivity index (χ2n) is 7.94. The minimum Gasteiger partial charge on any atom is -0.245 e. The predicted molar refractivity (Wildman–Crippen MR) is 94.3 cm³/mol. The number of alkyl halides is 2. The van der Waals surface area contributed by atoms with Crippen LogP contribution in [-0.4, -0.2) is 9.59 Å². The van der Waals surface area contributed by atoms with E-state index in [-0.39, 0.29) is 0 Å². The fourth-order valence-corrected chi connectivity index (χ4v) is 4.78. The molecule has 0 aromatic heterocycles. The molecule has 0 spiro atoms. The number of halogens is 2. The van der Waals surface area contributed by atoms with Crippen LogP contribution in [0.4, 0.5) is 4.39 Å². The van der Waals surface area contributed by atoms with Crippen molar-refractivity contribution in [1.82, 2.24) is 0 Å². The molecule has 2 fully saturated rings. The molecule has 0 unspecified atom stereocenters. The van der Waals surface area contributed by atoms with Crippen molar-refractivity contribution in [3.05, 3.63) is 0 Å². The molecule has 0 radical (unpaired) electrons. The van der Waals surface area contributed by atoms with Crippen LogP contribution in [0.25, 0.3) is 0 Å². The van der Waals surface area contributed by atoms with Gasteiger partial charge in [0.25, 0.3) is 0 Å². The Morgan fingerprint density at radius 2 is 1.60 bits per heavy atom. The van der Waals surface area contributed by atoms with Gasteiger partial charge in [-0.3, -0.25) is 0 Å². The van der Waals surface area contributed by atoms with E-state index in [1.165, 1.54) is 64.2 Å². The van der Waals surface area contributed by atoms with Crippen molar-refractivity contribution in [3.8, 4) is 0 Å². The van der Waals surface area contributed by atoms with Crippen molar-refractivity contribution in [2.75, 3.05) is 0 Å². The van der Waals surface area contributed by atoms with Crippen molar-refractivity contribution in [2.24, 2.45) is 11.3 Å². The van der Waals surface area contributed by atoms with E-state index in [2.05, 4.69) is 22.6 Å². The Kier molecular flexibility index (Phi) is 6.20. The van der Waals surface area contributed by atoms with Gasteiger partial charge in [0.1, 0.15) is 5.67 Å². The van der Waals surface area contributed by atoms with Crippen molar-refractivity contribution in [3.63, 3.8) is 0 Å². The van der Waals surface area contributed by atoms with E-state index in [0.29, 0.717) is 0 Å². The van der Waals surface area contributed by atoms with Gasteiger partial charge in [0, 0.05) is 3.92 Å². The average Bonchev–Trinajstić information content (AvgIpc) is 3.14. The van der Waals surface area contributed by atoms with E-state index in [1.54, 1.807) is 13.8 Å². The molecule has 0 atom stereocenters. The minimum atomic E-state index is -0.963. The highest BCUT2D eigenvalue weighted by Gasteiger charge is 2.48. The predicted octanol–water partition coefficient (Wildman–Crippen LogP) is 6.85. The maximum absolute atomic E-state index is 13.4. The van der Waals surface area contributed by atoms with Crippen LogP contribution in [-0.2, 0) is 0 Å². The SMILES string of the molecule is CC(C)(F)CCCCCCC1(C2CCC(I)CC2)CC1. The largest absolute Gasteiger partial charge is 0.245 e. The molecule has 0 aromatic carbocycles. The Balaban J connectivity index is 1.57. The number of hydrogen-bond donors (Lipinski definition) is 0. The number of rotatable bonds is 8. The third-order valence-electron chi connectivity index (χ3n) is 5.61. The lowest BCUT2D eigenvalue weighted by molar-refractivity contribution is 0.193. The van der Waals surface area contributed by atoms with Crippen LogP contribution in [0.15, 0.2) is 0 Å². The lowest BCUT2D eigenvalue weighted by atomic mass is 9.75. The highest BCUT2D eigenvalue weighted by atomic mass is 127. The van der Waals surface area contributed by atoms with E-state index < -0.39 is 5.67 Å². The van der Waals surface area contributed by atoms with Crippen LogP contribution in [0.3, 0.4) is 0 Å². The molecule has 0 heterocycles. The van der Waals surface area contributed by atoms with Crippen LogP contribution in [0.2, 0.25) is 0 Å². The van der Waals surface area contributed by atoms with Crippen molar-refractivity contribution in [2.45, 2.75) is 100 Å². The first kappa shape index (κ1) is 17.0. The summed E-state index contributed by atoms with van der Waals surface area (Å²) in [6.07, 6.45) is 16.1. The molecule has 0 nitrogen and oxygen atoms in total. The lowest BCUT2D eigenvalue weighted by Gasteiger charge is -2.32. The first-order chi connectivity index (χ1) is 9.41. The maximum Gasteiger partial charge on any atom is 0.105 e. The number of unbranched alkanes of at least 4 members (excludes halogenated alkanes) is 3. The molecule has 0 aliphatic heterocycles. The second kappa shape index (κ2) is 7.28. The lowest BCUT2D eigenvalue weighted by Crippen LogP contribution is -2.23. The van der Waals surface area contributed by atoms with Crippen LogP contribution in [0.5, 0.6) is 0 Å². The Morgan fingerprint density at radius 1 is 1.00 bits per heavy atom. The molecule has 0 saturated heterocycles. The van der Waals surface area contributed by atoms with Crippen molar-refractivity contribution in [1.29, 1.82) is 0 Å². The zero-order chi connectivity index (χ0) is 14.6. The molecule has 2 rings (SSSR count). The molecule has 0 amide bonds. The van der Waals surface area contributed by atoms with Crippen molar-refractivity contribution >= 4 is 22.6 Å². The highest BCUT2D eigenvalue weighted by molar-refractivity contribution is 14.1. The van der Waals surface area contributed by atoms with Gasteiger partial charge in [0.2, 0.25) is 0 Å². The maximum atomic E-state index is 13.4. The Bertz CT molecular complexity index is 282. The average molecular weight is 394 g/mol. The first-order valence-electron chi connectivity index (χ1n) is 8.74. The van der Waals surface area contributed by atoms with Gasteiger partial charge in [-0.1, -0.05) is 48.3 Å². The smallest absolute Gasteiger partial charge is 0.105 e. The third-order valence-corrected chi connectivity index (χ3v) is 6.86. The van der Waals surface area contributed by atoms with Gasteiger partial charge in [-0.05, 0) is 76.5 Å². The third kappa shape index (κ3) is 5.46. The monoisotopic (exact) mass is 394 g/mol. The molecule has 2 aliphatic carbocycles. The summed E-state index contributed by atoms with van der Waals surface area (Å²) in [5.74, 6) is 1.04. The van der Waals surface area contributed by atoms with Gasteiger partial charge in [0.15, 0.2) is 0 Å². The molecule has 0 bridgehead atoms. The highest BCUT2D eigenvalue weighted by Crippen LogP contribution is 2.59. The zero-order valence-electron chi connectivity index (χ0n) is 13.4. The van der Waals surface area contributed by atoms with Crippen LogP contribution in [0, 0.1) is 11.3 Å². The fraction of sp³-hybridized carbons (Fsp3) is 1.00. The van der Waals surface area contributed by atoms with Gasteiger partial charge in [0.05, 0.1) is 0 Å². The van der Waals surface area contributed by atoms with E-state index in [9.17, 15) is 4.39 Å². The molecule has 20 heavy (non-hydrogen) atoms. The van der Waals surface area contributed by atoms with Crippen molar-refractivity contribution < 1.29 is 4.39 Å². The molecule has 118 valence electrons. The van der Waals surface area contributed by atoms with Gasteiger partial charge in [-0.15, -0.1) is 0 Å². The van der Waals surface area contributed by atoms with Gasteiger partial charge >= 0.3 is 0 Å². The molecule has 0 aromatic rings. The zero-order valence-corrected chi connectivity index (χ0v) is 15.6. The number of hydrogen-bond acceptors (Lipinski definition) is 0. The molecular weight excluding hydrogens is 362 g/mol.